The summed E-state index contributed by atoms with van der Waals surface area (Å²) in [6.45, 7) is 8.70. The molecule has 0 aliphatic carbocycles. The highest BCUT2D eigenvalue weighted by molar-refractivity contribution is 4.70. The van der Waals surface area contributed by atoms with Gasteiger partial charge in [0.25, 0.3) is 0 Å². The van der Waals surface area contributed by atoms with E-state index in [1.165, 1.54) is 0 Å². The predicted molar refractivity (Wildman–Crippen MR) is 60.8 cm³/mol. The number of aliphatic hydroxyl groups is 2. The lowest BCUT2D eigenvalue weighted by Gasteiger charge is -2.23. The Morgan fingerprint density at radius 3 is 2.40 bits per heavy atom. The summed E-state index contributed by atoms with van der Waals surface area (Å²) >= 11 is 0. The van der Waals surface area contributed by atoms with E-state index in [0.717, 1.165) is 45.7 Å². The largest absolute Gasteiger partial charge is 0.396 e. The molecule has 0 radical (unpaired) electrons. The highest BCUT2D eigenvalue weighted by atomic mass is 16.3. The van der Waals surface area contributed by atoms with Gasteiger partial charge in [-0.05, 0) is 25.4 Å². The van der Waals surface area contributed by atoms with Crippen molar-refractivity contribution in [2.75, 3.05) is 52.5 Å². The first-order chi connectivity index (χ1) is 7.26. The van der Waals surface area contributed by atoms with Gasteiger partial charge in [0.15, 0.2) is 0 Å². The number of nitrogens with zero attached hydrogens (tertiary/aromatic N) is 2. The van der Waals surface area contributed by atoms with Crippen molar-refractivity contribution in [1.82, 2.24) is 9.80 Å². The van der Waals surface area contributed by atoms with Crippen LogP contribution < -0.4 is 0 Å². The van der Waals surface area contributed by atoms with Gasteiger partial charge in [0, 0.05) is 32.8 Å². The fourth-order valence-electron chi connectivity index (χ4n) is 2.07. The van der Waals surface area contributed by atoms with E-state index in [2.05, 4.69) is 16.7 Å². The molecule has 1 aliphatic heterocycles. The SMILES string of the molecule is CC(CO)CN1CCCN(CCO)CC1. The Bertz CT molecular complexity index is 167. The molecule has 1 unspecified atom stereocenters. The number of aliphatic hydroxyl groups excluding tert-OH is 2. The van der Waals surface area contributed by atoms with E-state index in [1.54, 1.807) is 0 Å². The van der Waals surface area contributed by atoms with Gasteiger partial charge in [-0.2, -0.15) is 0 Å². The third kappa shape index (κ3) is 4.93. The van der Waals surface area contributed by atoms with Crippen molar-refractivity contribution >= 4 is 0 Å². The van der Waals surface area contributed by atoms with Crippen LogP contribution in [0.25, 0.3) is 0 Å². The Balaban J connectivity index is 2.26. The van der Waals surface area contributed by atoms with Crippen molar-refractivity contribution in [3.8, 4) is 0 Å². The molecule has 0 spiro atoms. The van der Waals surface area contributed by atoms with E-state index in [0.29, 0.717) is 5.92 Å². The average Bonchev–Trinajstić information content (AvgIpc) is 2.45. The highest BCUT2D eigenvalue weighted by Gasteiger charge is 2.15. The van der Waals surface area contributed by atoms with Crippen LogP contribution in [-0.4, -0.2) is 72.5 Å². The molecule has 2 N–H and O–H groups in total. The summed E-state index contributed by atoms with van der Waals surface area (Å²) in [5.41, 5.74) is 0. The number of hydrogen-bond acceptors (Lipinski definition) is 4. The second-order valence-corrected chi connectivity index (χ2v) is 4.51. The Labute approximate surface area is 92.5 Å². The Morgan fingerprint density at radius 2 is 1.73 bits per heavy atom. The lowest BCUT2D eigenvalue weighted by molar-refractivity contribution is 0.169. The number of hydrogen-bond donors (Lipinski definition) is 2. The van der Waals surface area contributed by atoms with Gasteiger partial charge < -0.3 is 15.1 Å². The zero-order chi connectivity index (χ0) is 11.1. The fourth-order valence-corrected chi connectivity index (χ4v) is 2.07. The smallest absolute Gasteiger partial charge is 0.0558 e. The van der Waals surface area contributed by atoms with Gasteiger partial charge in [-0.1, -0.05) is 6.92 Å². The summed E-state index contributed by atoms with van der Waals surface area (Å²) in [4.78, 5) is 4.72. The fraction of sp³-hybridized carbons (Fsp3) is 1.00. The third-order valence-electron chi connectivity index (χ3n) is 2.98. The Kier molecular flexibility index (Phi) is 6.17. The molecule has 0 aromatic heterocycles. The monoisotopic (exact) mass is 216 g/mol. The summed E-state index contributed by atoms with van der Waals surface area (Å²) in [6.07, 6.45) is 1.16. The molecule has 1 aliphatic rings. The molecule has 1 heterocycles. The van der Waals surface area contributed by atoms with Gasteiger partial charge in [-0.15, -0.1) is 0 Å². The minimum Gasteiger partial charge on any atom is -0.396 e. The van der Waals surface area contributed by atoms with Crippen LogP contribution in [-0.2, 0) is 0 Å². The standard InChI is InChI=1S/C11H24N2O2/c1-11(10-15)9-13-4-2-3-12(5-6-13)7-8-14/h11,14-15H,2-10H2,1H3. The molecule has 1 fully saturated rings. The molecule has 4 heteroatoms. The topological polar surface area (TPSA) is 46.9 Å². The summed E-state index contributed by atoms with van der Waals surface area (Å²) < 4.78 is 0. The second kappa shape index (κ2) is 7.17. The molecule has 1 atom stereocenters. The average molecular weight is 216 g/mol. The lowest BCUT2D eigenvalue weighted by Crippen LogP contribution is -2.35. The van der Waals surface area contributed by atoms with Gasteiger partial charge in [0.1, 0.15) is 0 Å². The van der Waals surface area contributed by atoms with Gasteiger partial charge >= 0.3 is 0 Å². The minimum absolute atomic E-state index is 0.257. The van der Waals surface area contributed by atoms with Gasteiger partial charge in [-0.25, -0.2) is 0 Å². The molecule has 4 nitrogen and oxygen atoms in total. The predicted octanol–water partition coefficient (Wildman–Crippen LogP) is -0.385. The zero-order valence-corrected chi connectivity index (χ0v) is 9.73. The van der Waals surface area contributed by atoms with Crippen molar-refractivity contribution < 1.29 is 10.2 Å². The van der Waals surface area contributed by atoms with Gasteiger partial charge in [0.05, 0.1) is 6.61 Å². The van der Waals surface area contributed by atoms with Crippen molar-refractivity contribution in [2.45, 2.75) is 13.3 Å². The maximum atomic E-state index is 9.00. The molecule has 0 aromatic carbocycles. The highest BCUT2D eigenvalue weighted by Crippen LogP contribution is 2.05. The van der Waals surface area contributed by atoms with Gasteiger partial charge in [0.2, 0.25) is 0 Å². The minimum atomic E-state index is 0.257. The van der Waals surface area contributed by atoms with Crippen LogP contribution in [0.2, 0.25) is 0 Å². The first-order valence-electron chi connectivity index (χ1n) is 5.92. The van der Waals surface area contributed by atoms with E-state index in [-0.39, 0.29) is 13.2 Å². The first-order valence-corrected chi connectivity index (χ1v) is 5.92. The Morgan fingerprint density at radius 1 is 1.07 bits per heavy atom. The summed E-state index contributed by atoms with van der Waals surface area (Å²) in [7, 11) is 0. The normalized spacial score (nSPS) is 22.6. The Hall–Kier alpha value is -0.160. The molecule has 0 amide bonds. The van der Waals surface area contributed by atoms with Crippen molar-refractivity contribution in [3.05, 3.63) is 0 Å². The summed E-state index contributed by atoms with van der Waals surface area (Å²) in [6, 6.07) is 0. The molecule has 1 rings (SSSR count). The van der Waals surface area contributed by atoms with Crippen molar-refractivity contribution in [1.29, 1.82) is 0 Å². The van der Waals surface area contributed by atoms with Crippen LogP contribution in [0.3, 0.4) is 0 Å². The van der Waals surface area contributed by atoms with Crippen LogP contribution in [0.4, 0.5) is 0 Å². The number of β-amino-alcohol motifs (C(OH)–C–C–N with tert-alkyl or cyclic N) is 1. The molecule has 90 valence electrons. The number of rotatable bonds is 5. The van der Waals surface area contributed by atoms with Gasteiger partial charge in [-0.3, -0.25) is 4.90 Å². The van der Waals surface area contributed by atoms with E-state index in [1.807, 2.05) is 0 Å². The molecule has 0 saturated carbocycles. The zero-order valence-electron chi connectivity index (χ0n) is 9.73. The van der Waals surface area contributed by atoms with E-state index in [4.69, 9.17) is 10.2 Å². The van der Waals surface area contributed by atoms with Crippen LogP contribution in [0.1, 0.15) is 13.3 Å². The van der Waals surface area contributed by atoms with Crippen LogP contribution in [0, 0.1) is 5.92 Å². The van der Waals surface area contributed by atoms with E-state index < -0.39 is 0 Å². The quantitative estimate of drug-likeness (QED) is 0.657. The molecule has 0 bridgehead atoms. The van der Waals surface area contributed by atoms with E-state index in [9.17, 15) is 0 Å². The lowest BCUT2D eigenvalue weighted by atomic mass is 10.2. The third-order valence-corrected chi connectivity index (χ3v) is 2.98. The summed E-state index contributed by atoms with van der Waals surface area (Å²) in [5.74, 6) is 0.370. The first kappa shape index (κ1) is 12.9. The maximum Gasteiger partial charge on any atom is 0.0558 e. The van der Waals surface area contributed by atoms with Crippen LogP contribution >= 0.6 is 0 Å². The molecular weight excluding hydrogens is 192 g/mol. The molecule has 0 aromatic rings. The molecule has 15 heavy (non-hydrogen) atoms. The van der Waals surface area contributed by atoms with Crippen LogP contribution in [0.15, 0.2) is 0 Å². The molecule has 1 saturated heterocycles. The van der Waals surface area contributed by atoms with Crippen molar-refractivity contribution in [2.24, 2.45) is 5.92 Å². The molecular formula is C11H24N2O2. The maximum absolute atomic E-state index is 9.00. The van der Waals surface area contributed by atoms with Crippen molar-refractivity contribution in [3.63, 3.8) is 0 Å². The summed E-state index contributed by atoms with van der Waals surface area (Å²) in [5, 5.41) is 17.9. The van der Waals surface area contributed by atoms with E-state index >= 15 is 0 Å². The van der Waals surface area contributed by atoms with Crippen LogP contribution in [0.5, 0.6) is 0 Å². The second-order valence-electron chi connectivity index (χ2n) is 4.51.